The molecule has 110 valence electrons. The van der Waals surface area contributed by atoms with Gasteiger partial charge in [-0.2, -0.15) is 0 Å². The van der Waals surface area contributed by atoms with Gasteiger partial charge in [-0.3, -0.25) is 9.36 Å². The summed E-state index contributed by atoms with van der Waals surface area (Å²) in [6.07, 6.45) is 2.06. The second-order valence-electron chi connectivity index (χ2n) is 4.81. The van der Waals surface area contributed by atoms with Gasteiger partial charge >= 0.3 is 0 Å². The molecule has 6 heteroatoms. The van der Waals surface area contributed by atoms with E-state index in [1.54, 1.807) is 0 Å². The van der Waals surface area contributed by atoms with E-state index in [1.165, 1.54) is 10.9 Å². The van der Waals surface area contributed by atoms with Gasteiger partial charge < -0.3 is 14.8 Å². The van der Waals surface area contributed by atoms with Gasteiger partial charge in [-0.1, -0.05) is 0 Å². The molecule has 0 aliphatic heterocycles. The Hall–Kier alpha value is -2.34. The van der Waals surface area contributed by atoms with Crippen molar-refractivity contribution < 1.29 is 9.84 Å². The molecule has 0 bridgehead atoms. The lowest BCUT2D eigenvalue weighted by Gasteiger charge is -2.03. The van der Waals surface area contributed by atoms with Crippen molar-refractivity contribution in [3.8, 4) is 5.75 Å². The van der Waals surface area contributed by atoms with Crippen LogP contribution >= 0.6 is 0 Å². The molecule has 0 saturated carbocycles. The molecule has 0 saturated heterocycles. The van der Waals surface area contributed by atoms with Gasteiger partial charge in [-0.05, 0) is 31.5 Å². The Bertz CT molecular complexity index is 835. The van der Waals surface area contributed by atoms with Gasteiger partial charge in [0.1, 0.15) is 16.8 Å². The van der Waals surface area contributed by atoms with Gasteiger partial charge in [0.05, 0.1) is 12.9 Å². The zero-order valence-electron chi connectivity index (χ0n) is 11.8. The monoisotopic (exact) mass is 287 g/mol. The van der Waals surface area contributed by atoms with Crippen LogP contribution in [0.15, 0.2) is 29.3 Å². The summed E-state index contributed by atoms with van der Waals surface area (Å²) in [6, 6.07) is 5.65. The SMILES string of the molecule is CCOc1ccc2[nH]c3c(=O)n(CCCO)cnc3c2c1. The number of aromatic nitrogens is 3. The first kappa shape index (κ1) is 13.6. The number of aryl methyl sites for hydroxylation is 1. The van der Waals surface area contributed by atoms with Crippen molar-refractivity contribution in [1.29, 1.82) is 0 Å². The highest BCUT2D eigenvalue weighted by Crippen LogP contribution is 2.25. The largest absolute Gasteiger partial charge is 0.494 e. The standard InChI is InChI=1S/C15H17N3O3/c1-2-21-10-4-5-12-11(8-10)13-14(17-12)15(20)18(9-16-13)6-3-7-19/h4-5,8-9,17,19H,2-3,6-7H2,1H3. The fourth-order valence-electron chi connectivity index (χ4n) is 2.43. The molecule has 0 aliphatic rings. The van der Waals surface area contributed by atoms with Crippen molar-refractivity contribution in [2.24, 2.45) is 0 Å². The fraction of sp³-hybridized carbons (Fsp3) is 0.333. The number of benzene rings is 1. The zero-order valence-corrected chi connectivity index (χ0v) is 11.8. The maximum atomic E-state index is 12.4. The first-order valence-electron chi connectivity index (χ1n) is 6.99. The molecule has 0 amide bonds. The Morgan fingerprint density at radius 2 is 2.29 bits per heavy atom. The topological polar surface area (TPSA) is 80.1 Å². The third-order valence-electron chi connectivity index (χ3n) is 3.41. The van der Waals surface area contributed by atoms with E-state index in [9.17, 15) is 4.79 Å². The van der Waals surface area contributed by atoms with Gasteiger partial charge in [-0.25, -0.2) is 4.98 Å². The van der Waals surface area contributed by atoms with E-state index in [-0.39, 0.29) is 12.2 Å². The van der Waals surface area contributed by atoms with E-state index in [0.29, 0.717) is 30.6 Å². The lowest BCUT2D eigenvalue weighted by molar-refractivity contribution is 0.279. The predicted molar refractivity (Wildman–Crippen MR) is 80.7 cm³/mol. The maximum absolute atomic E-state index is 12.4. The minimum absolute atomic E-state index is 0.0505. The van der Waals surface area contributed by atoms with Crippen LogP contribution in [0.5, 0.6) is 5.75 Å². The summed E-state index contributed by atoms with van der Waals surface area (Å²) < 4.78 is 7.00. The highest BCUT2D eigenvalue weighted by Gasteiger charge is 2.11. The molecule has 0 atom stereocenters. The first-order chi connectivity index (χ1) is 10.2. The first-order valence-corrected chi connectivity index (χ1v) is 6.99. The predicted octanol–water partition coefficient (Wildman–Crippen LogP) is 1.66. The zero-order chi connectivity index (χ0) is 14.8. The Kier molecular flexibility index (Phi) is 3.62. The molecule has 2 heterocycles. The second-order valence-corrected chi connectivity index (χ2v) is 4.81. The van der Waals surface area contributed by atoms with Crippen molar-refractivity contribution in [2.75, 3.05) is 13.2 Å². The number of aliphatic hydroxyl groups is 1. The summed E-state index contributed by atoms with van der Waals surface area (Å²) in [7, 11) is 0. The van der Waals surface area contributed by atoms with E-state index >= 15 is 0 Å². The molecule has 6 nitrogen and oxygen atoms in total. The van der Waals surface area contributed by atoms with Crippen LogP contribution in [-0.2, 0) is 6.54 Å². The molecule has 2 aromatic heterocycles. The molecule has 0 radical (unpaired) electrons. The summed E-state index contributed by atoms with van der Waals surface area (Å²) in [5.41, 5.74) is 1.87. The van der Waals surface area contributed by atoms with E-state index < -0.39 is 0 Å². The molecule has 0 spiro atoms. The average Bonchev–Trinajstić information content (AvgIpc) is 2.86. The molecule has 2 N–H and O–H groups in total. The Morgan fingerprint density at radius 1 is 1.43 bits per heavy atom. The van der Waals surface area contributed by atoms with Gasteiger partial charge in [-0.15, -0.1) is 0 Å². The molecular weight excluding hydrogens is 270 g/mol. The Morgan fingerprint density at radius 3 is 3.05 bits per heavy atom. The van der Waals surface area contributed by atoms with Crippen LogP contribution in [0.3, 0.4) is 0 Å². The van der Waals surface area contributed by atoms with Crippen molar-refractivity contribution in [1.82, 2.24) is 14.5 Å². The van der Waals surface area contributed by atoms with Gasteiger partial charge in [0.2, 0.25) is 0 Å². The molecule has 3 rings (SSSR count). The number of aliphatic hydroxyl groups excluding tert-OH is 1. The number of fused-ring (bicyclic) bond motifs is 3. The minimum Gasteiger partial charge on any atom is -0.494 e. The number of rotatable bonds is 5. The fourth-order valence-corrected chi connectivity index (χ4v) is 2.43. The van der Waals surface area contributed by atoms with Crippen LogP contribution in [0.25, 0.3) is 21.9 Å². The molecule has 0 aliphatic carbocycles. The normalized spacial score (nSPS) is 11.3. The Balaban J connectivity index is 2.17. The van der Waals surface area contributed by atoms with Crippen LogP contribution in [0.1, 0.15) is 13.3 Å². The third kappa shape index (κ3) is 2.38. The lowest BCUT2D eigenvalue weighted by Crippen LogP contribution is -2.21. The van der Waals surface area contributed by atoms with Crippen molar-refractivity contribution >= 4 is 21.9 Å². The smallest absolute Gasteiger partial charge is 0.277 e. The van der Waals surface area contributed by atoms with Gasteiger partial charge in [0, 0.05) is 24.1 Å². The average molecular weight is 287 g/mol. The molecule has 1 aromatic carbocycles. The van der Waals surface area contributed by atoms with Crippen LogP contribution < -0.4 is 10.3 Å². The van der Waals surface area contributed by atoms with E-state index in [2.05, 4.69) is 9.97 Å². The summed E-state index contributed by atoms with van der Waals surface area (Å²) in [4.78, 5) is 19.9. The van der Waals surface area contributed by atoms with Crippen molar-refractivity contribution in [2.45, 2.75) is 19.9 Å². The molecule has 21 heavy (non-hydrogen) atoms. The summed E-state index contributed by atoms with van der Waals surface area (Å²) in [6.45, 7) is 3.03. The number of H-pyrrole nitrogens is 1. The molecule has 0 fully saturated rings. The van der Waals surface area contributed by atoms with Crippen molar-refractivity contribution in [3.63, 3.8) is 0 Å². The van der Waals surface area contributed by atoms with Crippen LogP contribution in [0.2, 0.25) is 0 Å². The summed E-state index contributed by atoms with van der Waals surface area (Å²) in [5, 5.41) is 9.75. The van der Waals surface area contributed by atoms with Crippen LogP contribution in [-0.4, -0.2) is 32.9 Å². The number of aromatic amines is 1. The van der Waals surface area contributed by atoms with Crippen LogP contribution in [0, 0.1) is 0 Å². The molecular formula is C15H17N3O3. The summed E-state index contributed by atoms with van der Waals surface area (Å²) in [5.74, 6) is 0.761. The van der Waals surface area contributed by atoms with Gasteiger partial charge in [0.15, 0.2) is 0 Å². The van der Waals surface area contributed by atoms with Gasteiger partial charge in [0.25, 0.3) is 5.56 Å². The second kappa shape index (κ2) is 5.57. The maximum Gasteiger partial charge on any atom is 0.277 e. The number of nitrogens with zero attached hydrogens (tertiary/aromatic N) is 2. The molecule has 0 unspecified atom stereocenters. The highest BCUT2D eigenvalue weighted by atomic mass is 16.5. The van der Waals surface area contributed by atoms with E-state index in [1.807, 2.05) is 25.1 Å². The van der Waals surface area contributed by atoms with E-state index in [0.717, 1.165) is 16.7 Å². The Labute approximate surface area is 121 Å². The number of ether oxygens (including phenoxy) is 1. The number of hydrogen-bond donors (Lipinski definition) is 2. The molecule has 3 aromatic rings. The van der Waals surface area contributed by atoms with Crippen molar-refractivity contribution in [3.05, 3.63) is 34.9 Å². The quantitative estimate of drug-likeness (QED) is 0.748. The minimum atomic E-state index is -0.123. The third-order valence-corrected chi connectivity index (χ3v) is 3.41. The van der Waals surface area contributed by atoms with Crippen LogP contribution in [0.4, 0.5) is 0 Å². The lowest BCUT2D eigenvalue weighted by atomic mass is 10.2. The van der Waals surface area contributed by atoms with E-state index in [4.69, 9.17) is 9.84 Å². The summed E-state index contributed by atoms with van der Waals surface area (Å²) >= 11 is 0. The highest BCUT2D eigenvalue weighted by molar-refractivity contribution is 6.04. The number of hydrogen-bond acceptors (Lipinski definition) is 4. The number of nitrogens with one attached hydrogen (secondary N) is 1.